The van der Waals surface area contributed by atoms with Gasteiger partial charge in [0.05, 0.1) is 0 Å². The molecule has 2 heterocycles. The van der Waals surface area contributed by atoms with Crippen LogP contribution in [0.25, 0.3) is 10.8 Å². The predicted octanol–water partition coefficient (Wildman–Crippen LogP) is 2.12. The maximum Gasteiger partial charge on any atom is 0.258 e. The summed E-state index contributed by atoms with van der Waals surface area (Å²) in [4.78, 5) is 27.0. The number of carbonyl (C=O) groups is 1. The minimum absolute atomic E-state index is 0.000432. The lowest BCUT2D eigenvalue weighted by Crippen LogP contribution is -2.46. The molecule has 0 bridgehead atoms. The molecule has 1 aromatic carbocycles. The lowest BCUT2D eigenvalue weighted by atomic mass is 9.86. The molecule has 25 heavy (non-hydrogen) atoms. The minimum atomic E-state index is -0.0169. The Bertz CT molecular complexity index is 827. The number of piperazine rings is 1. The van der Waals surface area contributed by atoms with Gasteiger partial charge in [-0.25, -0.2) is 0 Å². The van der Waals surface area contributed by atoms with E-state index in [0.717, 1.165) is 42.5 Å². The van der Waals surface area contributed by atoms with Crippen LogP contribution in [0.1, 0.15) is 32.8 Å². The zero-order chi connectivity index (χ0) is 18.0. The van der Waals surface area contributed by atoms with E-state index < -0.39 is 0 Å². The van der Waals surface area contributed by atoms with Crippen molar-refractivity contribution in [1.82, 2.24) is 14.8 Å². The number of aryl methyl sites for hydroxylation is 1. The Morgan fingerprint density at radius 1 is 1.16 bits per heavy atom. The molecular formula is C20H27N3O2. The van der Waals surface area contributed by atoms with Crippen LogP contribution in [0.4, 0.5) is 0 Å². The number of hydrogen-bond acceptors (Lipinski definition) is 3. The van der Waals surface area contributed by atoms with Gasteiger partial charge in [0.2, 0.25) is 5.91 Å². The summed E-state index contributed by atoms with van der Waals surface area (Å²) < 4.78 is 1.66. The van der Waals surface area contributed by atoms with E-state index in [0.29, 0.717) is 13.0 Å². The van der Waals surface area contributed by atoms with Crippen LogP contribution in [0, 0.1) is 0 Å². The van der Waals surface area contributed by atoms with E-state index in [1.165, 1.54) is 0 Å². The Hall–Kier alpha value is -2.14. The second-order valence-electron chi connectivity index (χ2n) is 7.75. The molecule has 0 aliphatic carbocycles. The van der Waals surface area contributed by atoms with Crippen LogP contribution in [0.5, 0.6) is 0 Å². The van der Waals surface area contributed by atoms with Crippen molar-refractivity contribution in [3.05, 3.63) is 46.4 Å². The third-order valence-electron chi connectivity index (χ3n) is 4.88. The highest BCUT2D eigenvalue weighted by Gasteiger charge is 2.17. The molecule has 1 fully saturated rings. The van der Waals surface area contributed by atoms with Crippen molar-refractivity contribution in [2.45, 2.75) is 39.2 Å². The number of fused-ring (bicyclic) bond motifs is 1. The van der Waals surface area contributed by atoms with Gasteiger partial charge in [0.15, 0.2) is 0 Å². The molecular weight excluding hydrogens is 314 g/mol. The third kappa shape index (κ3) is 3.93. The number of nitrogens with zero attached hydrogens (tertiary/aromatic N) is 2. The summed E-state index contributed by atoms with van der Waals surface area (Å²) in [6, 6.07) is 8.04. The van der Waals surface area contributed by atoms with E-state index in [4.69, 9.17) is 0 Å². The van der Waals surface area contributed by atoms with Gasteiger partial charge in [0.1, 0.15) is 0 Å². The average Bonchev–Trinajstić information content (AvgIpc) is 2.60. The molecule has 1 N–H and O–H groups in total. The first-order valence-corrected chi connectivity index (χ1v) is 8.98. The number of rotatable bonds is 3. The Morgan fingerprint density at radius 3 is 2.56 bits per heavy atom. The fraction of sp³-hybridized carbons (Fsp3) is 0.500. The number of benzene rings is 1. The zero-order valence-corrected chi connectivity index (χ0v) is 15.3. The SMILES string of the molecule is CC(C)(C)c1ccc2ccn(CCC(=O)N3CCNCC3)c(=O)c2c1. The van der Waals surface area contributed by atoms with Crippen LogP contribution >= 0.6 is 0 Å². The highest BCUT2D eigenvalue weighted by atomic mass is 16.2. The van der Waals surface area contributed by atoms with Crippen LogP contribution in [-0.2, 0) is 16.8 Å². The molecule has 1 aliphatic rings. The average molecular weight is 341 g/mol. The van der Waals surface area contributed by atoms with Crippen molar-refractivity contribution in [3.8, 4) is 0 Å². The number of carbonyl (C=O) groups excluding carboxylic acids is 1. The molecule has 2 aromatic rings. The van der Waals surface area contributed by atoms with Gasteiger partial charge in [-0.3, -0.25) is 9.59 Å². The van der Waals surface area contributed by atoms with Crippen LogP contribution < -0.4 is 10.9 Å². The van der Waals surface area contributed by atoms with E-state index in [2.05, 4.69) is 32.2 Å². The summed E-state index contributed by atoms with van der Waals surface area (Å²) in [6.45, 7) is 10.0. The summed E-state index contributed by atoms with van der Waals surface area (Å²) in [5, 5.41) is 4.91. The minimum Gasteiger partial charge on any atom is -0.340 e. The topological polar surface area (TPSA) is 54.3 Å². The maximum absolute atomic E-state index is 12.8. The third-order valence-corrected chi connectivity index (χ3v) is 4.88. The van der Waals surface area contributed by atoms with Crippen molar-refractivity contribution in [1.29, 1.82) is 0 Å². The zero-order valence-electron chi connectivity index (χ0n) is 15.3. The monoisotopic (exact) mass is 341 g/mol. The Kier molecular flexibility index (Phi) is 4.95. The molecule has 0 saturated carbocycles. The Balaban J connectivity index is 1.81. The second kappa shape index (κ2) is 7.00. The first-order valence-electron chi connectivity index (χ1n) is 8.98. The van der Waals surface area contributed by atoms with Crippen LogP contribution in [0.15, 0.2) is 35.3 Å². The first-order chi connectivity index (χ1) is 11.9. The molecule has 134 valence electrons. The Labute approximate surface area is 148 Å². The van der Waals surface area contributed by atoms with Gasteiger partial charge in [-0.15, -0.1) is 0 Å². The van der Waals surface area contributed by atoms with Crippen LogP contribution in [0.2, 0.25) is 0 Å². The molecule has 0 radical (unpaired) electrons. The summed E-state index contributed by atoms with van der Waals surface area (Å²) in [5.41, 5.74) is 1.13. The molecule has 1 saturated heterocycles. The standard InChI is InChI=1S/C20H27N3O2/c1-20(2,3)16-5-4-15-6-10-23(19(25)17(15)14-16)11-7-18(24)22-12-8-21-9-13-22/h4-6,10,14,21H,7-9,11-13H2,1-3H3. The highest BCUT2D eigenvalue weighted by molar-refractivity contribution is 5.82. The van der Waals surface area contributed by atoms with Crippen molar-refractivity contribution >= 4 is 16.7 Å². The fourth-order valence-corrected chi connectivity index (χ4v) is 3.21. The van der Waals surface area contributed by atoms with Gasteiger partial charge in [-0.05, 0) is 28.5 Å². The number of hydrogen-bond donors (Lipinski definition) is 1. The molecule has 0 spiro atoms. The molecule has 5 heteroatoms. The molecule has 0 unspecified atom stereocenters. The predicted molar refractivity (Wildman–Crippen MR) is 101 cm³/mol. The molecule has 5 nitrogen and oxygen atoms in total. The number of amides is 1. The summed E-state index contributed by atoms with van der Waals surface area (Å²) in [7, 11) is 0. The maximum atomic E-state index is 12.8. The fourth-order valence-electron chi connectivity index (χ4n) is 3.21. The van der Waals surface area contributed by atoms with E-state index in [9.17, 15) is 9.59 Å². The summed E-state index contributed by atoms with van der Waals surface area (Å²) in [5.74, 6) is 0.122. The van der Waals surface area contributed by atoms with Crippen LogP contribution in [0.3, 0.4) is 0 Å². The van der Waals surface area contributed by atoms with Gasteiger partial charge in [0, 0.05) is 50.7 Å². The molecule has 1 aliphatic heterocycles. The van der Waals surface area contributed by atoms with Crippen molar-refractivity contribution < 1.29 is 4.79 Å². The lowest BCUT2D eigenvalue weighted by molar-refractivity contribution is -0.132. The molecule has 3 rings (SSSR count). The van der Waals surface area contributed by atoms with Crippen molar-refractivity contribution in [2.24, 2.45) is 0 Å². The Morgan fingerprint density at radius 2 is 1.88 bits per heavy atom. The van der Waals surface area contributed by atoms with Gasteiger partial charge in [0.25, 0.3) is 5.56 Å². The number of nitrogens with one attached hydrogen (secondary N) is 1. The van der Waals surface area contributed by atoms with E-state index >= 15 is 0 Å². The lowest BCUT2D eigenvalue weighted by Gasteiger charge is -2.27. The molecule has 1 amide bonds. The normalized spacial score (nSPS) is 15.6. The van der Waals surface area contributed by atoms with E-state index in [-0.39, 0.29) is 16.9 Å². The molecule has 0 atom stereocenters. The van der Waals surface area contributed by atoms with E-state index in [1.54, 1.807) is 10.8 Å². The van der Waals surface area contributed by atoms with Gasteiger partial charge in [-0.1, -0.05) is 32.9 Å². The van der Waals surface area contributed by atoms with E-state index in [1.807, 2.05) is 23.1 Å². The smallest absolute Gasteiger partial charge is 0.258 e. The summed E-state index contributed by atoms with van der Waals surface area (Å²) in [6.07, 6.45) is 2.16. The van der Waals surface area contributed by atoms with Crippen molar-refractivity contribution in [3.63, 3.8) is 0 Å². The summed E-state index contributed by atoms with van der Waals surface area (Å²) >= 11 is 0. The highest BCUT2D eigenvalue weighted by Crippen LogP contribution is 2.24. The number of aromatic nitrogens is 1. The largest absolute Gasteiger partial charge is 0.340 e. The van der Waals surface area contributed by atoms with Gasteiger partial charge >= 0.3 is 0 Å². The van der Waals surface area contributed by atoms with Crippen LogP contribution in [-0.4, -0.2) is 41.6 Å². The van der Waals surface area contributed by atoms with Gasteiger partial charge in [-0.2, -0.15) is 0 Å². The second-order valence-corrected chi connectivity index (χ2v) is 7.75. The molecule has 1 aromatic heterocycles. The quantitative estimate of drug-likeness (QED) is 0.930. The number of pyridine rings is 1. The van der Waals surface area contributed by atoms with Crippen molar-refractivity contribution in [2.75, 3.05) is 26.2 Å². The van der Waals surface area contributed by atoms with Gasteiger partial charge < -0.3 is 14.8 Å². The first kappa shape index (κ1) is 17.7.